The Balaban J connectivity index is 2.15. The summed E-state index contributed by atoms with van der Waals surface area (Å²) in [6.07, 6.45) is 4.57. The molecule has 2 nitrogen and oxygen atoms in total. The van der Waals surface area contributed by atoms with Gasteiger partial charge in [-0.3, -0.25) is 0 Å². The van der Waals surface area contributed by atoms with Crippen LogP contribution >= 0.6 is 0 Å². The van der Waals surface area contributed by atoms with E-state index in [1.165, 1.54) is 23.1 Å². The van der Waals surface area contributed by atoms with Crippen LogP contribution in [-0.4, -0.2) is 6.61 Å². The maximum atomic E-state index is 6.04. The van der Waals surface area contributed by atoms with Crippen molar-refractivity contribution in [3.05, 3.63) is 28.8 Å². The van der Waals surface area contributed by atoms with Crippen molar-refractivity contribution >= 4 is 0 Å². The normalized spacial score (nSPS) is 23.9. The van der Waals surface area contributed by atoms with E-state index in [2.05, 4.69) is 12.1 Å². The number of rotatable bonds is 0. The Hall–Kier alpha value is -1.02. The van der Waals surface area contributed by atoms with Gasteiger partial charge in [-0.15, -0.1) is 0 Å². The molecule has 1 atom stereocenters. The van der Waals surface area contributed by atoms with Gasteiger partial charge in [-0.2, -0.15) is 0 Å². The number of nitrogens with two attached hydrogens (primary N) is 1. The molecule has 14 heavy (non-hydrogen) atoms. The summed E-state index contributed by atoms with van der Waals surface area (Å²) < 4.78 is 5.64. The molecule has 0 radical (unpaired) electrons. The number of benzene rings is 1. The first-order valence-corrected chi connectivity index (χ1v) is 5.39. The Bertz CT molecular complexity index is 373. The second-order valence-electron chi connectivity index (χ2n) is 4.21. The highest BCUT2D eigenvalue weighted by Gasteiger charge is 2.25. The summed E-state index contributed by atoms with van der Waals surface area (Å²) in [7, 11) is 0. The zero-order valence-electron chi connectivity index (χ0n) is 8.25. The first kappa shape index (κ1) is 8.30. The van der Waals surface area contributed by atoms with E-state index in [4.69, 9.17) is 10.5 Å². The zero-order valence-corrected chi connectivity index (χ0v) is 8.25. The summed E-state index contributed by atoms with van der Waals surface area (Å²) in [5, 5.41) is 0. The van der Waals surface area contributed by atoms with Crippen LogP contribution in [0.1, 0.15) is 35.6 Å². The fourth-order valence-electron chi connectivity index (χ4n) is 2.63. The van der Waals surface area contributed by atoms with Gasteiger partial charge in [0.1, 0.15) is 5.75 Å². The summed E-state index contributed by atoms with van der Waals surface area (Å²) >= 11 is 0. The molecule has 1 aliphatic heterocycles. The van der Waals surface area contributed by atoms with Crippen molar-refractivity contribution in [1.29, 1.82) is 0 Å². The molecule has 2 heteroatoms. The van der Waals surface area contributed by atoms with Gasteiger partial charge in [0, 0.05) is 6.04 Å². The molecule has 0 fully saturated rings. The molecule has 0 amide bonds. The SMILES string of the molecule is NC1CCc2c1ccc1c2CCCO1. The van der Waals surface area contributed by atoms with Crippen molar-refractivity contribution in [3.63, 3.8) is 0 Å². The molecule has 1 aliphatic carbocycles. The maximum Gasteiger partial charge on any atom is 0.122 e. The summed E-state index contributed by atoms with van der Waals surface area (Å²) in [5.41, 5.74) is 10.3. The highest BCUT2D eigenvalue weighted by atomic mass is 16.5. The van der Waals surface area contributed by atoms with E-state index in [0.717, 1.165) is 31.6 Å². The summed E-state index contributed by atoms with van der Waals surface area (Å²) in [5.74, 6) is 1.10. The van der Waals surface area contributed by atoms with Gasteiger partial charge >= 0.3 is 0 Å². The van der Waals surface area contributed by atoms with Crippen molar-refractivity contribution in [3.8, 4) is 5.75 Å². The van der Waals surface area contributed by atoms with Crippen LogP contribution in [0.5, 0.6) is 5.75 Å². The Morgan fingerprint density at radius 3 is 3.07 bits per heavy atom. The van der Waals surface area contributed by atoms with Gasteiger partial charge in [0.05, 0.1) is 6.61 Å². The minimum absolute atomic E-state index is 0.261. The first-order chi connectivity index (χ1) is 6.86. The van der Waals surface area contributed by atoms with Gasteiger partial charge in [0.15, 0.2) is 0 Å². The second-order valence-corrected chi connectivity index (χ2v) is 4.21. The number of fused-ring (bicyclic) bond motifs is 3. The minimum atomic E-state index is 0.261. The van der Waals surface area contributed by atoms with Crippen molar-refractivity contribution in [2.75, 3.05) is 6.61 Å². The monoisotopic (exact) mass is 189 g/mol. The van der Waals surface area contributed by atoms with Gasteiger partial charge in [0.25, 0.3) is 0 Å². The third-order valence-electron chi connectivity index (χ3n) is 3.36. The van der Waals surface area contributed by atoms with Crippen molar-refractivity contribution < 1.29 is 4.74 Å². The van der Waals surface area contributed by atoms with Gasteiger partial charge in [-0.1, -0.05) is 6.07 Å². The average molecular weight is 189 g/mol. The highest BCUT2D eigenvalue weighted by Crippen LogP contribution is 2.38. The van der Waals surface area contributed by atoms with E-state index < -0.39 is 0 Å². The molecule has 0 saturated heterocycles. The van der Waals surface area contributed by atoms with Gasteiger partial charge in [-0.25, -0.2) is 0 Å². The summed E-state index contributed by atoms with van der Waals surface area (Å²) in [6, 6.07) is 4.51. The largest absolute Gasteiger partial charge is 0.493 e. The number of ether oxygens (including phenoxy) is 1. The average Bonchev–Trinajstić information content (AvgIpc) is 2.61. The predicted molar refractivity (Wildman–Crippen MR) is 55.5 cm³/mol. The summed E-state index contributed by atoms with van der Waals surface area (Å²) in [6.45, 7) is 0.873. The lowest BCUT2D eigenvalue weighted by atomic mass is 9.96. The predicted octanol–water partition coefficient (Wildman–Crippen LogP) is 1.96. The van der Waals surface area contributed by atoms with E-state index in [9.17, 15) is 0 Å². The maximum absolute atomic E-state index is 6.04. The molecule has 2 N–H and O–H groups in total. The van der Waals surface area contributed by atoms with Crippen LogP contribution in [-0.2, 0) is 12.8 Å². The topological polar surface area (TPSA) is 35.2 Å². The summed E-state index contributed by atoms with van der Waals surface area (Å²) in [4.78, 5) is 0. The molecule has 1 aromatic carbocycles. The molecule has 3 rings (SSSR count). The number of hydrogen-bond acceptors (Lipinski definition) is 2. The highest BCUT2D eigenvalue weighted by molar-refractivity contribution is 5.49. The molecule has 0 aromatic heterocycles. The van der Waals surface area contributed by atoms with Gasteiger partial charge in [0.2, 0.25) is 0 Å². The van der Waals surface area contributed by atoms with E-state index in [0.29, 0.717) is 0 Å². The van der Waals surface area contributed by atoms with Crippen LogP contribution in [0.25, 0.3) is 0 Å². The van der Waals surface area contributed by atoms with Crippen molar-refractivity contribution in [2.45, 2.75) is 31.7 Å². The molecule has 2 aliphatic rings. The Morgan fingerprint density at radius 1 is 1.21 bits per heavy atom. The van der Waals surface area contributed by atoms with E-state index in [-0.39, 0.29) is 6.04 Å². The molecule has 1 unspecified atom stereocenters. The quantitative estimate of drug-likeness (QED) is 0.677. The third kappa shape index (κ3) is 1.07. The van der Waals surface area contributed by atoms with Crippen LogP contribution in [0.3, 0.4) is 0 Å². The van der Waals surface area contributed by atoms with Gasteiger partial charge in [-0.05, 0) is 48.4 Å². The Labute approximate surface area is 84.1 Å². The van der Waals surface area contributed by atoms with Crippen molar-refractivity contribution in [2.24, 2.45) is 5.73 Å². The van der Waals surface area contributed by atoms with Crippen LogP contribution < -0.4 is 10.5 Å². The van der Waals surface area contributed by atoms with Crippen molar-refractivity contribution in [1.82, 2.24) is 0 Å². The molecule has 0 saturated carbocycles. The lowest BCUT2D eigenvalue weighted by molar-refractivity contribution is 0.287. The zero-order chi connectivity index (χ0) is 9.54. The lowest BCUT2D eigenvalue weighted by Gasteiger charge is -2.20. The standard InChI is InChI=1S/C12H15NO/c13-11-5-3-8-9(11)4-6-12-10(8)2-1-7-14-12/h4,6,11H,1-3,5,7,13H2. The van der Waals surface area contributed by atoms with E-state index in [1.54, 1.807) is 0 Å². The molecule has 1 heterocycles. The van der Waals surface area contributed by atoms with Crippen LogP contribution in [0.15, 0.2) is 12.1 Å². The van der Waals surface area contributed by atoms with Crippen LogP contribution in [0.2, 0.25) is 0 Å². The molecule has 0 spiro atoms. The smallest absolute Gasteiger partial charge is 0.122 e. The third-order valence-corrected chi connectivity index (χ3v) is 3.36. The molecule has 1 aromatic rings. The molecular weight excluding hydrogens is 174 g/mol. The molecular formula is C12H15NO. The second kappa shape index (κ2) is 2.99. The fraction of sp³-hybridized carbons (Fsp3) is 0.500. The van der Waals surface area contributed by atoms with E-state index in [1.807, 2.05) is 0 Å². The molecule has 74 valence electrons. The lowest BCUT2D eigenvalue weighted by Crippen LogP contribution is -2.11. The fourth-order valence-corrected chi connectivity index (χ4v) is 2.63. The number of hydrogen-bond donors (Lipinski definition) is 1. The Kier molecular flexibility index (Phi) is 1.77. The minimum Gasteiger partial charge on any atom is -0.493 e. The van der Waals surface area contributed by atoms with Crippen LogP contribution in [0.4, 0.5) is 0 Å². The van der Waals surface area contributed by atoms with Crippen LogP contribution in [0, 0.1) is 0 Å². The first-order valence-electron chi connectivity index (χ1n) is 5.39. The Morgan fingerprint density at radius 2 is 2.14 bits per heavy atom. The van der Waals surface area contributed by atoms with E-state index >= 15 is 0 Å². The molecule has 0 bridgehead atoms. The van der Waals surface area contributed by atoms with Gasteiger partial charge < -0.3 is 10.5 Å².